The largest absolute Gasteiger partial charge is 0.398 e. The van der Waals surface area contributed by atoms with Crippen LogP contribution in [0.4, 0.5) is 5.69 Å². The molecule has 0 saturated carbocycles. The van der Waals surface area contributed by atoms with E-state index in [1.807, 2.05) is 0 Å². The zero-order chi connectivity index (χ0) is 14.6. The first kappa shape index (κ1) is 15.9. The molecule has 1 aromatic carbocycles. The van der Waals surface area contributed by atoms with Gasteiger partial charge in [-0.3, -0.25) is 0 Å². The standard InChI is InChI=1S/C13H22N2O3S/c1-4-15(8-5-9-16)19(17,18)13-10(2)6-7-12(14)11(13)3/h6-7,16H,4-5,8-9,14H2,1-3H3. The molecule has 0 radical (unpaired) electrons. The molecule has 0 heterocycles. The van der Waals surface area contributed by atoms with Crippen LogP contribution in [0.25, 0.3) is 0 Å². The van der Waals surface area contributed by atoms with Crippen molar-refractivity contribution in [2.45, 2.75) is 32.1 Å². The third-order valence-electron chi connectivity index (χ3n) is 3.16. The van der Waals surface area contributed by atoms with Gasteiger partial charge >= 0.3 is 0 Å². The minimum Gasteiger partial charge on any atom is -0.398 e. The van der Waals surface area contributed by atoms with E-state index in [0.29, 0.717) is 36.3 Å². The van der Waals surface area contributed by atoms with Crippen LogP contribution in [0, 0.1) is 13.8 Å². The molecule has 3 N–H and O–H groups in total. The van der Waals surface area contributed by atoms with E-state index in [1.54, 1.807) is 32.9 Å². The zero-order valence-corrected chi connectivity index (χ0v) is 12.5. The molecule has 5 nitrogen and oxygen atoms in total. The molecule has 108 valence electrons. The molecule has 0 unspecified atom stereocenters. The maximum Gasteiger partial charge on any atom is 0.243 e. The molecule has 19 heavy (non-hydrogen) atoms. The second kappa shape index (κ2) is 6.36. The fraction of sp³-hybridized carbons (Fsp3) is 0.538. The average Bonchev–Trinajstić information content (AvgIpc) is 2.34. The quantitative estimate of drug-likeness (QED) is 0.772. The monoisotopic (exact) mass is 286 g/mol. The molecule has 0 spiro atoms. The molecular weight excluding hydrogens is 264 g/mol. The fourth-order valence-electron chi connectivity index (χ4n) is 2.06. The first-order chi connectivity index (χ1) is 8.86. The van der Waals surface area contributed by atoms with Gasteiger partial charge in [0.25, 0.3) is 0 Å². The van der Waals surface area contributed by atoms with Crippen LogP contribution in [0.5, 0.6) is 0 Å². The Hall–Kier alpha value is -1.11. The molecule has 1 aromatic rings. The van der Waals surface area contributed by atoms with E-state index in [4.69, 9.17) is 10.8 Å². The van der Waals surface area contributed by atoms with Crippen LogP contribution in [0.3, 0.4) is 0 Å². The highest BCUT2D eigenvalue weighted by atomic mass is 32.2. The van der Waals surface area contributed by atoms with Crippen molar-refractivity contribution in [1.29, 1.82) is 0 Å². The van der Waals surface area contributed by atoms with Crippen molar-refractivity contribution in [3.05, 3.63) is 23.3 Å². The Bertz CT molecular complexity index is 541. The molecule has 0 bridgehead atoms. The van der Waals surface area contributed by atoms with E-state index in [2.05, 4.69) is 0 Å². The lowest BCUT2D eigenvalue weighted by molar-refractivity contribution is 0.271. The van der Waals surface area contributed by atoms with Gasteiger partial charge in [0.2, 0.25) is 10.0 Å². The van der Waals surface area contributed by atoms with Crippen molar-refractivity contribution < 1.29 is 13.5 Å². The molecule has 0 fully saturated rings. The number of rotatable bonds is 6. The minimum absolute atomic E-state index is 0.0269. The molecular formula is C13H22N2O3S. The van der Waals surface area contributed by atoms with E-state index >= 15 is 0 Å². The molecule has 0 aliphatic rings. The Morgan fingerprint density at radius 2 is 1.95 bits per heavy atom. The van der Waals surface area contributed by atoms with E-state index in [-0.39, 0.29) is 11.5 Å². The van der Waals surface area contributed by atoms with E-state index in [1.165, 1.54) is 4.31 Å². The summed E-state index contributed by atoms with van der Waals surface area (Å²) in [5.41, 5.74) is 7.55. The third kappa shape index (κ3) is 3.26. The molecule has 0 aliphatic carbocycles. The molecule has 1 rings (SSSR count). The number of aliphatic hydroxyl groups is 1. The van der Waals surface area contributed by atoms with Crippen LogP contribution in [0.1, 0.15) is 24.5 Å². The molecule has 0 amide bonds. The predicted octanol–water partition coefficient (Wildman–Crippen LogP) is 1.28. The lowest BCUT2D eigenvalue weighted by Gasteiger charge is -2.23. The van der Waals surface area contributed by atoms with Gasteiger partial charge in [-0.15, -0.1) is 0 Å². The second-order valence-corrected chi connectivity index (χ2v) is 6.37. The number of nitrogens with two attached hydrogens (primary N) is 1. The highest BCUT2D eigenvalue weighted by Gasteiger charge is 2.26. The van der Waals surface area contributed by atoms with Gasteiger partial charge in [-0.05, 0) is 37.5 Å². The number of aliphatic hydroxyl groups excluding tert-OH is 1. The van der Waals surface area contributed by atoms with Crippen LogP contribution in [-0.4, -0.2) is 37.5 Å². The van der Waals surface area contributed by atoms with Gasteiger partial charge < -0.3 is 10.8 Å². The number of hydrogen-bond acceptors (Lipinski definition) is 4. The Morgan fingerprint density at radius 1 is 1.32 bits per heavy atom. The normalized spacial score (nSPS) is 12.1. The van der Waals surface area contributed by atoms with E-state index < -0.39 is 10.0 Å². The van der Waals surface area contributed by atoms with Crippen LogP contribution < -0.4 is 5.73 Å². The summed E-state index contributed by atoms with van der Waals surface area (Å²) in [6, 6.07) is 3.43. The maximum absolute atomic E-state index is 12.7. The lowest BCUT2D eigenvalue weighted by Crippen LogP contribution is -2.33. The number of aryl methyl sites for hydroxylation is 1. The van der Waals surface area contributed by atoms with Crippen molar-refractivity contribution >= 4 is 15.7 Å². The number of hydrogen-bond donors (Lipinski definition) is 2. The highest BCUT2D eigenvalue weighted by molar-refractivity contribution is 7.89. The van der Waals surface area contributed by atoms with Gasteiger partial charge in [-0.25, -0.2) is 8.42 Å². The Labute approximate surface area is 115 Å². The number of benzene rings is 1. The SMILES string of the molecule is CCN(CCCO)S(=O)(=O)c1c(C)ccc(N)c1C. The first-order valence-electron chi connectivity index (χ1n) is 6.33. The van der Waals surface area contributed by atoms with Gasteiger partial charge in [0.1, 0.15) is 0 Å². The summed E-state index contributed by atoms with van der Waals surface area (Å²) in [4.78, 5) is 0.285. The van der Waals surface area contributed by atoms with Crippen molar-refractivity contribution in [2.24, 2.45) is 0 Å². The Kier molecular flexibility index (Phi) is 5.34. The topological polar surface area (TPSA) is 83.6 Å². The van der Waals surface area contributed by atoms with Gasteiger partial charge in [0, 0.05) is 25.4 Å². The average molecular weight is 286 g/mol. The predicted molar refractivity (Wildman–Crippen MR) is 76.5 cm³/mol. The van der Waals surface area contributed by atoms with Crippen LogP contribution in [0.15, 0.2) is 17.0 Å². The summed E-state index contributed by atoms with van der Waals surface area (Å²) in [6.45, 7) is 5.92. The van der Waals surface area contributed by atoms with E-state index in [0.717, 1.165) is 0 Å². The van der Waals surface area contributed by atoms with Gasteiger partial charge in [0.15, 0.2) is 0 Å². The zero-order valence-electron chi connectivity index (χ0n) is 11.7. The Balaban J connectivity index is 3.30. The van der Waals surface area contributed by atoms with Gasteiger partial charge in [0.05, 0.1) is 4.90 Å². The van der Waals surface area contributed by atoms with Crippen molar-refractivity contribution in [3.63, 3.8) is 0 Å². The molecule has 0 aliphatic heterocycles. The summed E-state index contributed by atoms with van der Waals surface area (Å²) in [5, 5.41) is 8.86. The summed E-state index contributed by atoms with van der Waals surface area (Å²) >= 11 is 0. The lowest BCUT2D eigenvalue weighted by atomic mass is 10.1. The smallest absolute Gasteiger partial charge is 0.243 e. The summed E-state index contributed by atoms with van der Waals surface area (Å²) in [5.74, 6) is 0. The second-order valence-electron chi connectivity index (χ2n) is 4.50. The van der Waals surface area contributed by atoms with Gasteiger partial charge in [-0.2, -0.15) is 4.31 Å². The van der Waals surface area contributed by atoms with Crippen molar-refractivity contribution in [3.8, 4) is 0 Å². The summed E-state index contributed by atoms with van der Waals surface area (Å²) in [6.07, 6.45) is 0.424. The Morgan fingerprint density at radius 3 is 2.47 bits per heavy atom. The summed E-state index contributed by atoms with van der Waals surface area (Å²) < 4.78 is 26.7. The number of nitrogen functional groups attached to an aromatic ring is 1. The number of sulfonamides is 1. The van der Waals surface area contributed by atoms with Crippen molar-refractivity contribution in [1.82, 2.24) is 4.31 Å². The van der Waals surface area contributed by atoms with Crippen LogP contribution >= 0.6 is 0 Å². The van der Waals surface area contributed by atoms with Gasteiger partial charge in [-0.1, -0.05) is 13.0 Å². The number of nitrogens with zero attached hydrogens (tertiary/aromatic N) is 1. The first-order valence-corrected chi connectivity index (χ1v) is 7.77. The van der Waals surface area contributed by atoms with Crippen LogP contribution in [-0.2, 0) is 10.0 Å². The number of anilines is 1. The van der Waals surface area contributed by atoms with E-state index in [9.17, 15) is 8.42 Å². The maximum atomic E-state index is 12.7. The molecule has 0 atom stereocenters. The fourth-order valence-corrected chi connectivity index (χ4v) is 4.01. The summed E-state index contributed by atoms with van der Waals surface area (Å²) in [7, 11) is -3.56. The van der Waals surface area contributed by atoms with Crippen LogP contribution in [0.2, 0.25) is 0 Å². The highest BCUT2D eigenvalue weighted by Crippen LogP contribution is 2.27. The molecule has 0 saturated heterocycles. The molecule has 0 aromatic heterocycles. The third-order valence-corrected chi connectivity index (χ3v) is 5.43. The minimum atomic E-state index is -3.56. The molecule has 6 heteroatoms. The van der Waals surface area contributed by atoms with Crippen molar-refractivity contribution in [2.75, 3.05) is 25.4 Å².